The smallest absolute Gasteiger partial charge is 0.191 e. The quantitative estimate of drug-likeness (QED) is 0.358. The minimum atomic E-state index is -0.100. The topological polar surface area (TPSA) is 69.1 Å². The summed E-state index contributed by atoms with van der Waals surface area (Å²) in [4.78, 5) is 7.03. The van der Waals surface area contributed by atoms with Crippen molar-refractivity contribution in [1.82, 2.24) is 15.5 Å². The van der Waals surface area contributed by atoms with Crippen molar-refractivity contribution in [3.8, 4) is 5.75 Å². The van der Waals surface area contributed by atoms with Crippen LogP contribution in [-0.4, -0.2) is 67.9 Å². The highest BCUT2D eigenvalue weighted by atomic mass is 16.5. The van der Waals surface area contributed by atoms with Gasteiger partial charge in [0.05, 0.1) is 12.6 Å². The maximum Gasteiger partial charge on any atom is 0.191 e. The largest absolute Gasteiger partial charge is 0.492 e. The number of hydrogen-bond acceptors (Lipinski definition) is 4. The summed E-state index contributed by atoms with van der Waals surface area (Å²) in [5, 5.41) is 16.1. The van der Waals surface area contributed by atoms with Gasteiger partial charge in [-0.1, -0.05) is 18.2 Å². The van der Waals surface area contributed by atoms with Gasteiger partial charge < -0.3 is 25.4 Å². The molecule has 1 aliphatic heterocycles. The number of piperidine rings is 1. The summed E-state index contributed by atoms with van der Waals surface area (Å²) in [6.07, 6.45) is 2.73. The number of likely N-dealkylation sites (tertiary alicyclic amines) is 1. The molecule has 1 aromatic rings. The summed E-state index contributed by atoms with van der Waals surface area (Å²) >= 11 is 0. The molecule has 0 radical (unpaired) electrons. The molecule has 6 heteroatoms. The molecule has 140 valence electrons. The number of aliphatic imine (C=N–C) groups is 1. The molecular weight excluding hydrogens is 316 g/mol. The lowest BCUT2D eigenvalue weighted by Gasteiger charge is -2.29. The van der Waals surface area contributed by atoms with E-state index in [1.54, 1.807) is 0 Å². The number of guanidine groups is 1. The molecule has 3 N–H and O–H groups in total. The first-order valence-corrected chi connectivity index (χ1v) is 9.38. The van der Waals surface area contributed by atoms with Gasteiger partial charge >= 0.3 is 0 Å². The molecule has 6 nitrogen and oxygen atoms in total. The second kappa shape index (κ2) is 11.7. The molecule has 1 saturated heterocycles. The first kappa shape index (κ1) is 19.5. The Morgan fingerprint density at radius 2 is 2.00 bits per heavy atom. The van der Waals surface area contributed by atoms with E-state index in [9.17, 15) is 5.11 Å². The van der Waals surface area contributed by atoms with Crippen molar-refractivity contribution in [3.63, 3.8) is 0 Å². The lowest BCUT2D eigenvalue weighted by molar-refractivity contribution is 0.0824. The Labute approximate surface area is 151 Å². The summed E-state index contributed by atoms with van der Waals surface area (Å²) in [6, 6.07) is 9.83. The summed E-state index contributed by atoms with van der Waals surface area (Å²) in [5.41, 5.74) is 0. The lowest BCUT2D eigenvalue weighted by Crippen LogP contribution is -2.39. The van der Waals surface area contributed by atoms with Gasteiger partial charge in [0.15, 0.2) is 5.96 Å². The number of nitrogens with one attached hydrogen (secondary N) is 2. The molecule has 1 aromatic carbocycles. The van der Waals surface area contributed by atoms with Crippen LogP contribution in [0, 0.1) is 0 Å². The van der Waals surface area contributed by atoms with Crippen LogP contribution in [0.4, 0.5) is 0 Å². The molecule has 0 unspecified atom stereocenters. The molecule has 2 rings (SSSR count). The average Bonchev–Trinajstić information content (AvgIpc) is 2.64. The zero-order valence-corrected chi connectivity index (χ0v) is 15.3. The van der Waals surface area contributed by atoms with Crippen molar-refractivity contribution in [2.75, 3.05) is 45.9 Å². The fourth-order valence-corrected chi connectivity index (χ4v) is 2.82. The predicted octanol–water partition coefficient (Wildman–Crippen LogP) is 1.47. The van der Waals surface area contributed by atoms with Crippen LogP contribution >= 0.6 is 0 Å². The second-order valence-electron chi connectivity index (χ2n) is 6.28. The van der Waals surface area contributed by atoms with Gasteiger partial charge in [-0.15, -0.1) is 0 Å². The zero-order chi connectivity index (χ0) is 17.7. The van der Waals surface area contributed by atoms with Crippen molar-refractivity contribution < 1.29 is 9.84 Å². The lowest BCUT2D eigenvalue weighted by atomic mass is 10.1. The van der Waals surface area contributed by atoms with Crippen molar-refractivity contribution in [3.05, 3.63) is 30.3 Å². The highest BCUT2D eigenvalue weighted by molar-refractivity contribution is 5.79. The SMILES string of the molecule is CCNC(=NCCCN1CCC(O)CC1)NCCOc1ccccc1. The van der Waals surface area contributed by atoms with Crippen LogP contribution in [-0.2, 0) is 0 Å². The van der Waals surface area contributed by atoms with E-state index in [1.807, 2.05) is 30.3 Å². The highest BCUT2D eigenvalue weighted by Gasteiger charge is 2.15. The van der Waals surface area contributed by atoms with Crippen LogP contribution in [0.2, 0.25) is 0 Å². The number of aliphatic hydroxyl groups is 1. The first-order chi connectivity index (χ1) is 12.3. The van der Waals surface area contributed by atoms with Gasteiger partial charge in [-0.05, 0) is 44.9 Å². The zero-order valence-electron chi connectivity index (χ0n) is 15.3. The van der Waals surface area contributed by atoms with Gasteiger partial charge in [-0.2, -0.15) is 0 Å². The Morgan fingerprint density at radius 1 is 1.24 bits per heavy atom. The predicted molar refractivity (Wildman–Crippen MR) is 102 cm³/mol. The van der Waals surface area contributed by atoms with Crippen LogP contribution in [0.1, 0.15) is 26.2 Å². The maximum absolute atomic E-state index is 9.53. The van der Waals surface area contributed by atoms with E-state index in [2.05, 4.69) is 27.4 Å². The third-order valence-corrected chi connectivity index (χ3v) is 4.21. The highest BCUT2D eigenvalue weighted by Crippen LogP contribution is 2.10. The fraction of sp³-hybridized carbons (Fsp3) is 0.632. The first-order valence-electron chi connectivity index (χ1n) is 9.38. The van der Waals surface area contributed by atoms with Crippen LogP contribution in [0.5, 0.6) is 5.75 Å². The average molecular weight is 348 g/mol. The molecule has 1 aliphatic rings. The molecule has 0 atom stereocenters. The Morgan fingerprint density at radius 3 is 2.72 bits per heavy atom. The van der Waals surface area contributed by atoms with Gasteiger partial charge in [0, 0.05) is 26.2 Å². The number of nitrogens with zero attached hydrogens (tertiary/aromatic N) is 2. The molecule has 25 heavy (non-hydrogen) atoms. The number of aliphatic hydroxyl groups excluding tert-OH is 1. The molecule has 0 spiro atoms. The van der Waals surface area contributed by atoms with Gasteiger partial charge in [0.1, 0.15) is 12.4 Å². The van der Waals surface area contributed by atoms with Gasteiger partial charge in [-0.3, -0.25) is 4.99 Å². The van der Waals surface area contributed by atoms with Crippen molar-refractivity contribution >= 4 is 5.96 Å². The molecule has 0 aliphatic carbocycles. The van der Waals surface area contributed by atoms with Crippen molar-refractivity contribution in [2.45, 2.75) is 32.3 Å². The normalized spacial score (nSPS) is 16.6. The van der Waals surface area contributed by atoms with E-state index in [-0.39, 0.29) is 6.10 Å². The van der Waals surface area contributed by atoms with Gasteiger partial charge in [0.2, 0.25) is 0 Å². The maximum atomic E-state index is 9.53. The van der Waals surface area contributed by atoms with E-state index < -0.39 is 0 Å². The molecule has 0 saturated carbocycles. The summed E-state index contributed by atoms with van der Waals surface area (Å²) in [6.45, 7) is 8.07. The Balaban J connectivity index is 1.60. The van der Waals surface area contributed by atoms with Crippen LogP contribution in [0.25, 0.3) is 0 Å². The molecular formula is C19H32N4O2. The molecule has 0 amide bonds. The van der Waals surface area contributed by atoms with Gasteiger partial charge in [0.25, 0.3) is 0 Å². The number of rotatable bonds is 9. The van der Waals surface area contributed by atoms with E-state index in [0.29, 0.717) is 13.2 Å². The summed E-state index contributed by atoms with van der Waals surface area (Å²) < 4.78 is 5.68. The van der Waals surface area contributed by atoms with Gasteiger partial charge in [-0.25, -0.2) is 0 Å². The van der Waals surface area contributed by atoms with Crippen molar-refractivity contribution in [2.24, 2.45) is 4.99 Å². The fourth-order valence-electron chi connectivity index (χ4n) is 2.82. The third kappa shape index (κ3) is 8.23. The molecule has 0 bridgehead atoms. The van der Waals surface area contributed by atoms with Crippen molar-refractivity contribution in [1.29, 1.82) is 0 Å². The van der Waals surface area contributed by atoms with Crippen LogP contribution < -0.4 is 15.4 Å². The summed E-state index contributed by atoms with van der Waals surface area (Å²) in [5.74, 6) is 1.73. The monoisotopic (exact) mass is 348 g/mol. The van der Waals surface area contributed by atoms with E-state index in [4.69, 9.17) is 4.74 Å². The second-order valence-corrected chi connectivity index (χ2v) is 6.28. The minimum Gasteiger partial charge on any atom is -0.492 e. The minimum absolute atomic E-state index is 0.100. The summed E-state index contributed by atoms with van der Waals surface area (Å²) in [7, 11) is 0. The molecule has 1 heterocycles. The van der Waals surface area contributed by atoms with Crippen LogP contribution in [0.15, 0.2) is 35.3 Å². The van der Waals surface area contributed by atoms with E-state index >= 15 is 0 Å². The number of hydrogen-bond donors (Lipinski definition) is 3. The molecule has 0 aromatic heterocycles. The Kier molecular flexibility index (Phi) is 9.15. The number of para-hydroxylation sites is 1. The Hall–Kier alpha value is -1.79. The van der Waals surface area contributed by atoms with E-state index in [0.717, 1.165) is 63.7 Å². The third-order valence-electron chi connectivity index (χ3n) is 4.21. The standard InChI is InChI=1S/C19H32N4O2/c1-2-20-19(22-12-16-25-18-7-4-3-5-8-18)21-11-6-13-23-14-9-17(24)10-15-23/h3-5,7-8,17,24H,2,6,9-16H2,1H3,(H2,20,21,22). The Bertz CT molecular complexity index is 487. The number of ether oxygens (including phenoxy) is 1. The van der Waals surface area contributed by atoms with Crippen LogP contribution in [0.3, 0.4) is 0 Å². The van der Waals surface area contributed by atoms with E-state index in [1.165, 1.54) is 0 Å². The molecule has 1 fully saturated rings. The number of benzene rings is 1.